The summed E-state index contributed by atoms with van der Waals surface area (Å²) in [6.07, 6.45) is 0.931. The van der Waals surface area contributed by atoms with E-state index in [9.17, 15) is 0 Å². The average molecular weight is 285 g/mol. The first-order valence-corrected chi connectivity index (χ1v) is 7.25. The first kappa shape index (κ1) is 16.4. The highest BCUT2D eigenvalue weighted by atomic mass is 35.5. The van der Waals surface area contributed by atoms with Crippen LogP contribution in [0.1, 0.15) is 31.9 Å². The second-order valence-electron chi connectivity index (χ2n) is 4.69. The Morgan fingerprint density at radius 2 is 2.11 bits per heavy atom. The summed E-state index contributed by atoms with van der Waals surface area (Å²) in [5.74, 6) is 0. The fourth-order valence-corrected chi connectivity index (χ4v) is 2.54. The van der Waals surface area contributed by atoms with Crippen LogP contribution < -0.4 is 5.73 Å². The molecule has 4 heteroatoms. The standard InChI is InChI=1S/C15H25ClN2O/c1-4-14(17)15(18(5-2)9-10-19-3)12-7-6-8-13(16)11-12/h6-8,11,14-15H,4-5,9-10,17H2,1-3H3. The SMILES string of the molecule is CCC(N)C(c1cccc(Cl)c1)N(CC)CCOC. The summed E-state index contributed by atoms with van der Waals surface area (Å²) in [7, 11) is 1.72. The van der Waals surface area contributed by atoms with E-state index in [1.54, 1.807) is 7.11 Å². The van der Waals surface area contributed by atoms with Crippen LogP contribution in [0.25, 0.3) is 0 Å². The molecule has 1 aromatic rings. The summed E-state index contributed by atoms with van der Waals surface area (Å²) in [6, 6.07) is 8.26. The van der Waals surface area contributed by atoms with E-state index in [1.807, 2.05) is 18.2 Å². The summed E-state index contributed by atoms with van der Waals surface area (Å²) in [5.41, 5.74) is 7.50. The topological polar surface area (TPSA) is 38.5 Å². The zero-order valence-electron chi connectivity index (χ0n) is 12.1. The highest BCUT2D eigenvalue weighted by Gasteiger charge is 2.24. The molecule has 0 heterocycles. The Morgan fingerprint density at radius 1 is 1.37 bits per heavy atom. The highest BCUT2D eigenvalue weighted by molar-refractivity contribution is 6.30. The summed E-state index contributed by atoms with van der Waals surface area (Å²) in [5, 5.41) is 0.758. The maximum atomic E-state index is 6.32. The van der Waals surface area contributed by atoms with Crippen molar-refractivity contribution in [2.24, 2.45) is 5.73 Å². The second-order valence-corrected chi connectivity index (χ2v) is 5.13. The Kier molecular flexibility index (Phi) is 7.39. The summed E-state index contributed by atoms with van der Waals surface area (Å²) in [6.45, 7) is 6.79. The molecule has 2 unspecified atom stereocenters. The molecule has 0 radical (unpaired) electrons. The number of benzene rings is 1. The van der Waals surface area contributed by atoms with Gasteiger partial charge in [0.15, 0.2) is 0 Å². The van der Waals surface area contributed by atoms with Crippen LogP contribution in [0.5, 0.6) is 0 Å². The smallest absolute Gasteiger partial charge is 0.0589 e. The lowest BCUT2D eigenvalue weighted by atomic mass is 9.96. The first-order chi connectivity index (χ1) is 9.13. The molecule has 108 valence electrons. The van der Waals surface area contributed by atoms with Crippen molar-refractivity contribution in [1.82, 2.24) is 4.90 Å². The Balaban J connectivity index is 2.98. The Labute approximate surface area is 121 Å². The number of nitrogens with zero attached hydrogens (tertiary/aromatic N) is 1. The average Bonchev–Trinajstić information content (AvgIpc) is 2.42. The Morgan fingerprint density at radius 3 is 2.63 bits per heavy atom. The third-order valence-corrected chi connectivity index (χ3v) is 3.68. The maximum Gasteiger partial charge on any atom is 0.0589 e. The lowest BCUT2D eigenvalue weighted by Crippen LogP contribution is -2.42. The minimum atomic E-state index is 0.0928. The molecule has 0 aliphatic heterocycles. The molecule has 0 aliphatic carbocycles. The minimum Gasteiger partial charge on any atom is -0.383 e. The predicted octanol–water partition coefficient (Wildman–Crippen LogP) is 3.09. The van der Waals surface area contributed by atoms with Gasteiger partial charge in [0.25, 0.3) is 0 Å². The fourth-order valence-electron chi connectivity index (χ4n) is 2.35. The zero-order valence-corrected chi connectivity index (χ0v) is 12.9. The maximum absolute atomic E-state index is 6.32. The molecular formula is C15H25ClN2O. The van der Waals surface area contributed by atoms with E-state index < -0.39 is 0 Å². The zero-order chi connectivity index (χ0) is 14.3. The first-order valence-electron chi connectivity index (χ1n) is 6.88. The number of hydrogen-bond donors (Lipinski definition) is 1. The van der Waals surface area contributed by atoms with Gasteiger partial charge in [-0.15, -0.1) is 0 Å². The second kappa shape index (κ2) is 8.54. The van der Waals surface area contributed by atoms with Crippen molar-refractivity contribution in [3.63, 3.8) is 0 Å². The molecule has 3 nitrogen and oxygen atoms in total. The van der Waals surface area contributed by atoms with Crippen molar-refractivity contribution >= 4 is 11.6 Å². The van der Waals surface area contributed by atoms with Crippen molar-refractivity contribution in [2.75, 3.05) is 26.8 Å². The molecule has 0 saturated heterocycles. The Hall–Kier alpha value is -0.610. The van der Waals surface area contributed by atoms with Crippen LogP contribution in [-0.2, 0) is 4.74 Å². The van der Waals surface area contributed by atoms with E-state index in [0.717, 1.165) is 24.5 Å². The van der Waals surface area contributed by atoms with Gasteiger partial charge in [0.1, 0.15) is 0 Å². The van der Waals surface area contributed by atoms with Crippen LogP contribution in [0.2, 0.25) is 5.02 Å². The lowest BCUT2D eigenvalue weighted by Gasteiger charge is -2.35. The molecule has 0 bridgehead atoms. The molecule has 0 aromatic heterocycles. The van der Waals surface area contributed by atoms with Crippen molar-refractivity contribution < 1.29 is 4.74 Å². The van der Waals surface area contributed by atoms with Gasteiger partial charge < -0.3 is 10.5 Å². The number of nitrogens with two attached hydrogens (primary N) is 1. The molecule has 1 aromatic carbocycles. The van der Waals surface area contributed by atoms with E-state index in [0.29, 0.717) is 6.61 Å². The van der Waals surface area contributed by atoms with Crippen LogP contribution in [0.15, 0.2) is 24.3 Å². The van der Waals surface area contributed by atoms with Gasteiger partial charge in [0.05, 0.1) is 6.61 Å². The number of methoxy groups -OCH3 is 1. The van der Waals surface area contributed by atoms with Gasteiger partial charge in [-0.2, -0.15) is 0 Å². The quantitative estimate of drug-likeness (QED) is 0.797. The van der Waals surface area contributed by atoms with Gasteiger partial charge in [-0.25, -0.2) is 0 Å². The van der Waals surface area contributed by atoms with Crippen LogP contribution >= 0.6 is 11.6 Å². The third-order valence-electron chi connectivity index (χ3n) is 3.45. The molecular weight excluding hydrogens is 260 g/mol. The molecule has 0 spiro atoms. The molecule has 2 atom stereocenters. The van der Waals surface area contributed by atoms with E-state index in [-0.39, 0.29) is 12.1 Å². The van der Waals surface area contributed by atoms with Gasteiger partial charge >= 0.3 is 0 Å². The number of halogens is 1. The molecule has 0 aliphatic rings. The number of ether oxygens (including phenoxy) is 1. The lowest BCUT2D eigenvalue weighted by molar-refractivity contribution is 0.112. The molecule has 1 rings (SSSR count). The predicted molar refractivity (Wildman–Crippen MR) is 81.6 cm³/mol. The fraction of sp³-hybridized carbons (Fsp3) is 0.600. The molecule has 2 N–H and O–H groups in total. The summed E-state index contributed by atoms with van der Waals surface area (Å²) < 4.78 is 5.19. The van der Waals surface area contributed by atoms with Crippen molar-refractivity contribution in [1.29, 1.82) is 0 Å². The third kappa shape index (κ3) is 4.77. The van der Waals surface area contributed by atoms with Gasteiger partial charge in [-0.05, 0) is 30.7 Å². The molecule has 0 fully saturated rings. The van der Waals surface area contributed by atoms with Crippen molar-refractivity contribution in [3.05, 3.63) is 34.9 Å². The van der Waals surface area contributed by atoms with E-state index in [1.165, 1.54) is 5.56 Å². The normalized spacial score (nSPS) is 14.6. The van der Waals surface area contributed by atoms with E-state index in [4.69, 9.17) is 22.1 Å². The summed E-state index contributed by atoms with van der Waals surface area (Å²) in [4.78, 5) is 2.35. The highest BCUT2D eigenvalue weighted by Crippen LogP contribution is 2.26. The Bertz CT molecular complexity index is 373. The van der Waals surface area contributed by atoms with Crippen LogP contribution in [0.4, 0.5) is 0 Å². The largest absolute Gasteiger partial charge is 0.383 e. The van der Waals surface area contributed by atoms with Crippen LogP contribution in [-0.4, -0.2) is 37.7 Å². The van der Waals surface area contributed by atoms with Gasteiger partial charge in [-0.3, -0.25) is 4.90 Å². The minimum absolute atomic E-state index is 0.0928. The number of likely N-dealkylation sites (N-methyl/N-ethyl adjacent to an activating group) is 1. The van der Waals surface area contributed by atoms with Gasteiger partial charge in [-0.1, -0.05) is 37.6 Å². The van der Waals surface area contributed by atoms with Crippen molar-refractivity contribution in [3.8, 4) is 0 Å². The van der Waals surface area contributed by atoms with E-state index >= 15 is 0 Å². The van der Waals surface area contributed by atoms with E-state index in [2.05, 4.69) is 24.8 Å². The van der Waals surface area contributed by atoms with Gasteiger partial charge in [0, 0.05) is 30.8 Å². The number of hydrogen-bond acceptors (Lipinski definition) is 3. The monoisotopic (exact) mass is 284 g/mol. The summed E-state index contributed by atoms with van der Waals surface area (Å²) >= 11 is 6.10. The van der Waals surface area contributed by atoms with Crippen LogP contribution in [0, 0.1) is 0 Å². The van der Waals surface area contributed by atoms with Gasteiger partial charge in [0.2, 0.25) is 0 Å². The molecule has 0 amide bonds. The van der Waals surface area contributed by atoms with Crippen molar-refractivity contribution in [2.45, 2.75) is 32.4 Å². The number of rotatable bonds is 8. The molecule has 19 heavy (non-hydrogen) atoms. The van der Waals surface area contributed by atoms with Crippen LogP contribution in [0.3, 0.4) is 0 Å². The molecule has 0 saturated carbocycles.